The van der Waals surface area contributed by atoms with Crippen LogP contribution in [-0.4, -0.2) is 44.4 Å². The van der Waals surface area contributed by atoms with Gasteiger partial charge in [-0.25, -0.2) is 4.79 Å². The highest BCUT2D eigenvalue weighted by Gasteiger charge is 2.19. The smallest absolute Gasteiger partial charge is 0.338 e. The topological polar surface area (TPSA) is 115 Å². The Morgan fingerprint density at radius 1 is 1.03 bits per heavy atom. The molecule has 0 fully saturated rings. The Hall–Kier alpha value is -3.66. The van der Waals surface area contributed by atoms with E-state index in [1.165, 1.54) is 11.8 Å². The molecule has 0 aliphatic carbocycles. The van der Waals surface area contributed by atoms with Crippen molar-refractivity contribution in [2.75, 3.05) is 11.1 Å². The Labute approximate surface area is 208 Å². The van der Waals surface area contributed by atoms with Crippen LogP contribution >= 0.6 is 11.8 Å². The summed E-state index contributed by atoms with van der Waals surface area (Å²) in [6, 6.07) is 13.6. The Morgan fingerprint density at radius 3 is 2.46 bits per heavy atom. The number of carbonyl (C=O) groups excluding carboxylic acids is 3. The minimum absolute atomic E-state index is 0.0939. The van der Waals surface area contributed by atoms with Crippen LogP contribution in [0.5, 0.6) is 0 Å². The lowest BCUT2D eigenvalue weighted by atomic mass is 10.1. The molecule has 0 saturated carbocycles. The molecule has 3 aromatic rings. The van der Waals surface area contributed by atoms with Gasteiger partial charge in [-0.3, -0.25) is 9.59 Å². The van der Waals surface area contributed by atoms with Gasteiger partial charge in [-0.2, -0.15) is 0 Å². The first-order valence-corrected chi connectivity index (χ1v) is 12.1. The number of ether oxygens (including phenoxy) is 1. The van der Waals surface area contributed by atoms with E-state index in [1.54, 1.807) is 55.8 Å². The Kier molecular flexibility index (Phi) is 8.64. The average molecular weight is 496 g/mol. The van der Waals surface area contributed by atoms with Gasteiger partial charge in [0.25, 0.3) is 5.91 Å². The molecular weight excluding hydrogens is 466 g/mol. The summed E-state index contributed by atoms with van der Waals surface area (Å²) in [4.78, 5) is 37.1. The lowest BCUT2D eigenvalue weighted by molar-refractivity contribution is -0.113. The van der Waals surface area contributed by atoms with Gasteiger partial charge in [-0.15, -0.1) is 10.2 Å². The van der Waals surface area contributed by atoms with Crippen LogP contribution in [0.3, 0.4) is 0 Å². The van der Waals surface area contributed by atoms with E-state index in [9.17, 15) is 14.4 Å². The fourth-order valence-electron chi connectivity index (χ4n) is 3.29. The molecule has 1 atom stereocenters. The summed E-state index contributed by atoms with van der Waals surface area (Å²) in [5.41, 5.74) is 2.44. The van der Waals surface area contributed by atoms with Crippen molar-refractivity contribution < 1.29 is 19.1 Å². The van der Waals surface area contributed by atoms with Gasteiger partial charge in [-0.05, 0) is 58.0 Å². The van der Waals surface area contributed by atoms with Crippen molar-refractivity contribution in [3.8, 4) is 0 Å². The minimum atomic E-state index is -0.444. The maximum atomic E-state index is 12.6. The molecular formula is C25H29N5O4S. The molecule has 0 spiro atoms. The molecule has 9 nitrogen and oxygen atoms in total. The molecule has 2 amide bonds. The third-order valence-corrected chi connectivity index (χ3v) is 5.96. The van der Waals surface area contributed by atoms with Gasteiger partial charge in [0, 0.05) is 18.3 Å². The molecule has 3 rings (SSSR count). The number of thioether (sulfide) groups is 1. The summed E-state index contributed by atoms with van der Waals surface area (Å²) in [6.07, 6.45) is -0.230. The number of nitrogens with zero attached hydrogens (tertiary/aromatic N) is 3. The van der Waals surface area contributed by atoms with E-state index in [0.29, 0.717) is 27.8 Å². The molecule has 0 aliphatic heterocycles. The second kappa shape index (κ2) is 11.7. The highest BCUT2D eigenvalue weighted by molar-refractivity contribution is 7.99. The molecule has 10 heteroatoms. The van der Waals surface area contributed by atoms with E-state index in [-0.39, 0.29) is 29.7 Å². The molecule has 35 heavy (non-hydrogen) atoms. The number of nitrogens with one attached hydrogen (secondary N) is 2. The first-order chi connectivity index (χ1) is 16.6. The quantitative estimate of drug-likeness (QED) is 0.342. The van der Waals surface area contributed by atoms with Gasteiger partial charge in [-0.1, -0.05) is 35.5 Å². The summed E-state index contributed by atoms with van der Waals surface area (Å²) in [5.74, 6) is -0.227. The van der Waals surface area contributed by atoms with Gasteiger partial charge >= 0.3 is 5.97 Å². The van der Waals surface area contributed by atoms with Crippen LogP contribution in [0.2, 0.25) is 0 Å². The highest BCUT2D eigenvalue weighted by Crippen LogP contribution is 2.20. The molecule has 2 N–H and O–H groups in total. The van der Waals surface area contributed by atoms with Gasteiger partial charge < -0.3 is 19.9 Å². The summed E-state index contributed by atoms with van der Waals surface area (Å²) in [7, 11) is 1.79. The number of rotatable bonds is 9. The van der Waals surface area contributed by atoms with Crippen molar-refractivity contribution in [3.05, 3.63) is 71.0 Å². The van der Waals surface area contributed by atoms with Crippen molar-refractivity contribution in [3.63, 3.8) is 0 Å². The van der Waals surface area contributed by atoms with E-state index in [4.69, 9.17) is 4.74 Å². The summed E-state index contributed by atoms with van der Waals surface area (Å²) in [6.45, 7) is 7.31. The molecule has 0 unspecified atom stereocenters. The standard InChI is InChI=1S/C25H29N5O4S/c1-15(2)34-24(33)19-10-7-11-20(13-19)27-21(31)14-35-25-29-28-22(30(25)5)17(4)26-23(32)18-9-6-8-16(3)12-18/h6-13,15,17H,14H2,1-5H3,(H,26,32)(H,27,31)/t17-/m0/s1. The number of carbonyl (C=O) groups is 3. The lowest BCUT2D eigenvalue weighted by Gasteiger charge is -2.14. The summed E-state index contributed by atoms with van der Waals surface area (Å²) < 4.78 is 6.94. The lowest BCUT2D eigenvalue weighted by Crippen LogP contribution is -2.28. The number of amides is 2. The van der Waals surface area contributed by atoms with Crippen molar-refractivity contribution in [1.82, 2.24) is 20.1 Å². The van der Waals surface area contributed by atoms with Crippen LogP contribution in [-0.2, 0) is 16.6 Å². The van der Waals surface area contributed by atoms with Crippen LogP contribution < -0.4 is 10.6 Å². The third-order valence-electron chi connectivity index (χ3n) is 4.94. The van der Waals surface area contributed by atoms with Gasteiger partial charge in [0.2, 0.25) is 5.91 Å². The number of esters is 1. The predicted octanol–water partition coefficient (Wildman–Crippen LogP) is 3.91. The van der Waals surface area contributed by atoms with E-state index in [2.05, 4.69) is 20.8 Å². The van der Waals surface area contributed by atoms with Crippen LogP contribution in [0.4, 0.5) is 5.69 Å². The second-order valence-electron chi connectivity index (χ2n) is 8.34. The maximum absolute atomic E-state index is 12.6. The predicted molar refractivity (Wildman–Crippen MR) is 134 cm³/mol. The minimum Gasteiger partial charge on any atom is -0.459 e. The largest absolute Gasteiger partial charge is 0.459 e. The summed E-state index contributed by atoms with van der Waals surface area (Å²) >= 11 is 1.22. The normalized spacial score (nSPS) is 11.7. The SMILES string of the molecule is Cc1cccc(C(=O)N[C@@H](C)c2nnc(SCC(=O)Nc3cccc(C(=O)OC(C)C)c3)n2C)c1. The fourth-order valence-corrected chi connectivity index (χ4v) is 4.01. The first-order valence-electron chi connectivity index (χ1n) is 11.1. The van der Waals surface area contributed by atoms with Crippen LogP contribution in [0.25, 0.3) is 0 Å². The van der Waals surface area contributed by atoms with Crippen molar-refractivity contribution in [2.24, 2.45) is 7.05 Å². The molecule has 1 aromatic heterocycles. The third kappa shape index (κ3) is 7.16. The van der Waals surface area contributed by atoms with Crippen molar-refractivity contribution in [2.45, 2.75) is 45.0 Å². The zero-order valence-electron chi connectivity index (χ0n) is 20.4. The fraction of sp³-hybridized carbons (Fsp3) is 0.320. The number of benzene rings is 2. The highest BCUT2D eigenvalue weighted by atomic mass is 32.2. The van der Waals surface area contributed by atoms with Crippen molar-refractivity contribution in [1.29, 1.82) is 0 Å². The van der Waals surface area contributed by atoms with E-state index in [0.717, 1.165) is 5.56 Å². The van der Waals surface area contributed by atoms with E-state index >= 15 is 0 Å². The zero-order valence-corrected chi connectivity index (χ0v) is 21.2. The monoisotopic (exact) mass is 495 g/mol. The molecule has 1 heterocycles. The zero-order chi connectivity index (χ0) is 25.5. The number of aromatic nitrogens is 3. The number of hydrogen-bond acceptors (Lipinski definition) is 7. The van der Waals surface area contributed by atoms with Crippen LogP contribution in [0, 0.1) is 6.92 Å². The molecule has 2 aromatic carbocycles. The maximum Gasteiger partial charge on any atom is 0.338 e. The molecule has 0 bridgehead atoms. The van der Waals surface area contributed by atoms with Gasteiger partial charge in [0.15, 0.2) is 11.0 Å². The van der Waals surface area contributed by atoms with E-state index < -0.39 is 5.97 Å². The number of hydrogen-bond donors (Lipinski definition) is 2. The average Bonchev–Trinajstić information content (AvgIpc) is 3.17. The second-order valence-corrected chi connectivity index (χ2v) is 9.28. The molecule has 0 saturated heterocycles. The van der Waals surface area contributed by atoms with E-state index in [1.807, 2.05) is 32.0 Å². The van der Waals surface area contributed by atoms with Gasteiger partial charge in [0.1, 0.15) is 0 Å². The van der Waals surface area contributed by atoms with Gasteiger partial charge in [0.05, 0.1) is 23.5 Å². The van der Waals surface area contributed by atoms with Crippen LogP contribution in [0.15, 0.2) is 53.7 Å². The number of anilines is 1. The molecule has 184 valence electrons. The molecule has 0 aliphatic rings. The Balaban J connectivity index is 1.56. The van der Waals surface area contributed by atoms with Crippen molar-refractivity contribution >= 4 is 35.2 Å². The van der Waals surface area contributed by atoms with Crippen LogP contribution in [0.1, 0.15) is 58.9 Å². The first kappa shape index (κ1) is 26.0. The summed E-state index contributed by atoms with van der Waals surface area (Å²) in [5, 5.41) is 14.6. The Bertz CT molecular complexity index is 1220. The Morgan fingerprint density at radius 2 is 1.74 bits per heavy atom. The number of aryl methyl sites for hydroxylation is 1. The molecule has 0 radical (unpaired) electrons.